The van der Waals surface area contributed by atoms with Crippen molar-refractivity contribution >= 4 is 65.6 Å². The Morgan fingerprint density at radius 2 is 0.739 bits per heavy atom. The normalized spacial score (nSPS) is 11.6. The fourth-order valence-electron chi connectivity index (χ4n) is 7.48. The molecule has 2 heterocycles. The van der Waals surface area contributed by atoms with Gasteiger partial charge < -0.3 is 77.1 Å². The van der Waals surface area contributed by atoms with Crippen LogP contribution in [0.3, 0.4) is 0 Å². The standard InChI is InChI=1S/C66H94FN7O18/c1-65(2,3)91-63(78)72(7)56-19-13-52(14-20-56)9-11-54-17-23-60(70-47-54)89-45-43-86-39-37-83-35-32-81-29-26-68-58(75)49-74(62(77)51-88-42-41-85-34-31-80-28-25-67)50-59(76)69-27-30-82-33-36-84-38-40-87-44-46-90-61-24-18-55(48-71-61)12-10-53-15-21-57(22-16-53)73(8)64(79)92-66(4,5)6/h9-24,47-48H,25-46,49-51H2,1-8H3,(H,68,75)(H,69,76)/b11-9+,12-10+. The lowest BCUT2D eigenvalue weighted by molar-refractivity contribution is -0.143. The van der Waals surface area contributed by atoms with Crippen molar-refractivity contribution in [3.8, 4) is 11.8 Å². The molecule has 2 N–H and O–H groups in total. The minimum Gasteiger partial charge on any atom is -0.475 e. The van der Waals surface area contributed by atoms with Crippen molar-refractivity contribution in [1.82, 2.24) is 25.5 Å². The van der Waals surface area contributed by atoms with Crippen LogP contribution in [0.5, 0.6) is 11.8 Å². The number of alkyl halides is 1. The molecule has 5 amide bonds. The van der Waals surface area contributed by atoms with Crippen LogP contribution in [0, 0.1) is 0 Å². The molecule has 0 unspecified atom stereocenters. The van der Waals surface area contributed by atoms with Gasteiger partial charge >= 0.3 is 12.2 Å². The number of carbonyl (C=O) groups excluding carboxylic acids is 5. The highest BCUT2D eigenvalue weighted by Gasteiger charge is 2.23. The number of pyridine rings is 2. The molecular weight excluding hydrogens is 1200 g/mol. The van der Waals surface area contributed by atoms with Crippen LogP contribution in [-0.2, 0) is 66.5 Å². The van der Waals surface area contributed by atoms with Crippen molar-refractivity contribution in [3.63, 3.8) is 0 Å². The van der Waals surface area contributed by atoms with Crippen molar-refractivity contribution in [3.05, 3.63) is 107 Å². The van der Waals surface area contributed by atoms with Crippen LogP contribution in [0.1, 0.15) is 63.8 Å². The van der Waals surface area contributed by atoms with Crippen LogP contribution >= 0.6 is 0 Å². The fourth-order valence-corrected chi connectivity index (χ4v) is 7.48. The molecule has 0 saturated carbocycles. The highest BCUT2D eigenvalue weighted by Crippen LogP contribution is 2.21. The van der Waals surface area contributed by atoms with Crippen LogP contribution in [0.2, 0.25) is 0 Å². The number of carbonyl (C=O) groups is 5. The van der Waals surface area contributed by atoms with Gasteiger partial charge in [0.1, 0.15) is 50.8 Å². The van der Waals surface area contributed by atoms with Crippen LogP contribution in [0.15, 0.2) is 85.2 Å². The summed E-state index contributed by atoms with van der Waals surface area (Å²) < 4.78 is 83.7. The maximum atomic E-state index is 13.1. The molecule has 0 atom stereocenters. The van der Waals surface area contributed by atoms with Gasteiger partial charge in [-0.2, -0.15) is 0 Å². The van der Waals surface area contributed by atoms with Gasteiger partial charge in [0.25, 0.3) is 0 Å². The van der Waals surface area contributed by atoms with E-state index in [1.54, 1.807) is 38.6 Å². The maximum absolute atomic E-state index is 13.1. The quantitative estimate of drug-likeness (QED) is 0.0414. The monoisotopic (exact) mass is 1290 g/mol. The molecule has 508 valence electrons. The minimum absolute atomic E-state index is 0.0176. The molecule has 0 aliphatic carbocycles. The third kappa shape index (κ3) is 35.8. The lowest BCUT2D eigenvalue weighted by Gasteiger charge is -2.24. The number of hydrogen-bond acceptors (Lipinski definition) is 20. The molecule has 0 radical (unpaired) electrons. The van der Waals surface area contributed by atoms with Gasteiger partial charge in [-0.3, -0.25) is 24.2 Å². The van der Waals surface area contributed by atoms with Crippen LogP contribution in [0.4, 0.5) is 25.4 Å². The van der Waals surface area contributed by atoms with Gasteiger partial charge in [0.05, 0.1) is 112 Å². The lowest BCUT2D eigenvalue weighted by atomic mass is 10.1. The first-order chi connectivity index (χ1) is 44.3. The molecule has 0 spiro atoms. The fraction of sp³-hybridized carbons (Fsp3) is 0.530. The Kier molecular flexibility index (Phi) is 37.4. The number of amides is 5. The van der Waals surface area contributed by atoms with E-state index in [0.29, 0.717) is 77.8 Å². The first kappa shape index (κ1) is 76.8. The summed E-state index contributed by atoms with van der Waals surface area (Å²) in [6.07, 6.45) is 10.3. The predicted molar refractivity (Wildman–Crippen MR) is 345 cm³/mol. The zero-order valence-corrected chi connectivity index (χ0v) is 54.5. The zero-order valence-electron chi connectivity index (χ0n) is 54.5. The SMILES string of the molecule is CN(C(=O)OC(C)(C)C)c1ccc(/C=C/c2ccc(OCCOCCOCCOCCNC(=O)CN(CC(=O)NCCOCCOCCOCCOc3ccc(/C=C/c4ccc(N(C)C(=O)OC(C)(C)C)cc4)cn3)C(=O)COCCOCCOCCF)nc2)cc1. The second-order valence-corrected chi connectivity index (χ2v) is 22.1. The number of halogens is 1. The van der Waals surface area contributed by atoms with E-state index in [-0.39, 0.29) is 72.6 Å². The number of hydrogen-bond donors (Lipinski definition) is 2. The van der Waals surface area contributed by atoms with Crippen molar-refractivity contribution in [2.45, 2.75) is 52.7 Å². The van der Waals surface area contributed by atoms with Crippen molar-refractivity contribution in [2.75, 3.05) is 189 Å². The van der Waals surface area contributed by atoms with Gasteiger partial charge in [-0.25, -0.2) is 23.9 Å². The Hall–Kier alpha value is -7.66. The smallest absolute Gasteiger partial charge is 0.414 e. The second-order valence-electron chi connectivity index (χ2n) is 22.1. The molecule has 0 aliphatic rings. The van der Waals surface area contributed by atoms with E-state index < -0.39 is 67.5 Å². The molecule has 25 nitrogen and oxygen atoms in total. The van der Waals surface area contributed by atoms with E-state index in [0.717, 1.165) is 38.5 Å². The Labute approximate surface area is 540 Å². The van der Waals surface area contributed by atoms with E-state index in [1.165, 1.54) is 9.80 Å². The number of nitrogens with zero attached hydrogens (tertiary/aromatic N) is 5. The number of benzene rings is 2. The third-order valence-electron chi connectivity index (χ3n) is 12.1. The van der Waals surface area contributed by atoms with Gasteiger partial charge in [0.15, 0.2) is 0 Å². The van der Waals surface area contributed by atoms with Gasteiger partial charge in [0, 0.05) is 63.1 Å². The van der Waals surface area contributed by atoms with Crippen LogP contribution < -0.4 is 29.9 Å². The maximum Gasteiger partial charge on any atom is 0.414 e. The van der Waals surface area contributed by atoms with E-state index in [2.05, 4.69) is 20.6 Å². The van der Waals surface area contributed by atoms with E-state index >= 15 is 0 Å². The highest BCUT2D eigenvalue weighted by atomic mass is 19.1. The molecule has 2 aromatic heterocycles. The summed E-state index contributed by atoms with van der Waals surface area (Å²) in [7, 11) is 3.34. The molecule has 2 aromatic carbocycles. The summed E-state index contributed by atoms with van der Waals surface area (Å²) in [6, 6.07) is 22.4. The number of rotatable bonds is 46. The summed E-state index contributed by atoms with van der Waals surface area (Å²) in [5, 5.41) is 5.39. The average Bonchev–Trinajstić information content (AvgIpc) is 1.58. The van der Waals surface area contributed by atoms with Crippen LogP contribution in [0.25, 0.3) is 24.3 Å². The van der Waals surface area contributed by atoms with Gasteiger partial charge in [-0.15, -0.1) is 0 Å². The Morgan fingerprint density at radius 3 is 1.08 bits per heavy atom. The second kappa shape index (κ2) is 44.8. The molecule has 92 heavy (non-hydrogen) atoms. The first-order valence-corrected chi connectivity index (χ1v) is 30.5. The Morgan fingerprint density at radius 1 is 0.424 bits per heavy atom. The third-order valence-corrected chi connectivity index (χ3v) is 12.1. The molecular formula is C66H94FN7O18. The number of aromatic nitrogens is 2. The molecule has 0 fully saturated rings. The predicted octanol–water partition coefficient (Wildman–Crippen LogP) is 7.20. The molecule has 0 saturated heterocycles. The average molecular weight is 1290 g/mol. The first-order valence-electron chi connectivity index (χ1n) is 30.5. The van der Waals surface area contributed by atoms with Crippen LogP contribution in [-0.4, -0.2) is 235 Å². The van der Waals surface area contributed by atoms with E-state index in [1.807, 2.05) is 127 Å². The Bertz CT molecular complexity index is 2600. The minimum atomic E-state index is -0.590. The van der Waals surface area contributed by atoms with E-state index in [9.17, 15) is 28.4 Å². The molecule has 0 bridgehead atoms. The number of nitrogens with one attached hydrogen (secondary N) is 2. The van der Waals surface area contributed by atoms with E-state index in [4.69, 9.17) is 61.6 Å². The summed E-state index contributed by atoms with van der Waals surface area (Å²) in [6.45, 7) is 14.2. The van der Waals surface area contributed by atoms with Gasteiger partial charge in [-0.05, 0) is 100 Å². The summed E-state index contributed by atoms with van der Waals surface area (Å²) in [5.41, 5.74) is 3.96. The molecule has 0 aliphatic heterocycles. The van der Waals surface area contributed by atoms with Crippen molar-refractivity contribution in [1.29, 1.82) is 0 Å². The van der Waals surface area contributed by atoms with Crippen molar-refractivity contribution < 1.29 is 89.9 Å². The summed E-state index contributed by atoms with van der Waals surface area (Å²) >= 11 is 0. The highest BCUT2D eigenvalue weighted by molar-refractivity contribution is 5.90. The van der Waals surface area contributed by atoms with Crippen molar-refractivity contribution in [2.24, 2.45) is 0 Å². The zero-order chi connectivity index (χ0) is 66.7. The molecule has 26 heteroatoms. The summed E-state index contributed by atoms with van der Waals surface area (Å²) in [4.78, 5) is 76.4. The topological polar surface area (TPSA) is 265 Å². The number of ether oxygens (including phenoxy) is 13. The molecule has 4 rings (SSSR count). The Balaban J connectivity index is 1.00. The van der Waals surface area contributed by atoms with Gasteiger partial charge in [0.2, 0.25) is 29.5 Å². The van der Waals surface area contributed by atoms with Gasteiger partial charge in [-0.1, -0.05) is 48.6 Å². The largest absolute Gasteiger partial charge is 0.475 e. The molecule has 4 aromatic rings. The number of anilines is 2. The summed E-state index contributed by atoms with van der Waals surface area (Å²) in [5.74, 6) is -0.664. The lowest BCUT2D eigenvalue weighted by Crippen LogP contribution is -2.47.